The standard InChI is InChI=1S/C16H21BrN2O3/c1-18(8-5-9-22-2)16(21)12-10-15(20)19(11-12)14-7-4-3-6-13(14)17/h3-4,6-7,12H,5,8-11H2,1-2H3. The zero-order valence-electron chi connectivity index (χ0n) is 12.9. The van der Waals surface area contributed by atoms with Crippen molar-refractivity contribution in [2.75, 3.05) is 38.8 Å². The highest BCUT2D eigenvalue weighted by Crippen LogP contribution is 2.31. The van der Waals surface area contributed by atoms with Gasteiger partial charge in [0.2, 0.25) is 11.8 Å². The molecule has 5 nitrogen and oxygen atoms in total. The summed E-state index contributed by atoms with van der Waals surface area (Å²) < 4.78 is 5.86. The smallest absolute Gasteiger partial charge is 0.227 e. The van der Waals surface area contributed by atoms with Gasteiger partial charge in [-0.2, -0.15) is 0 Å². The number of rotatable bonds is 6. The van der Waals surface area contributed by atoms with E-state index in [1.54, 1.807) is 24.0 Å². The highest BCUT2D eigenvalue weighted by molar-refractivity contribution is 9.10. The zero-order valence-corrected chi connectivity index (χ0v) is 14.5. The van der Waals surface area contributed by atoms with Gasteiger partial charge in [-0.3, -0.25) is 9.59 Å². The van der Waals surface area contributed by atoms with Gasteiger partial charge in [0, 0.05) is 44.7 Å². The lowest BCUT2D eigenvalue weighted by Gasteiger charge is -2.21. The Hall–Kier alpha value is -1.40. The van der Waals surface area contributed by atoms with Crippen LogP contribution in [0.15, 0.2) is 28.7 Å². The molecule has 1 fully saturated rings. The Balaban J connectivity index is 2.00. The van der Waals surface area contributed by atoms with Crippen molar-refractivity contribution < 1.29 is 14.3 Å². The molecule has 0 saturated carbocycles. The maximum atomic E-state index is 12.4. The van der Waals surface area contributed by atoms with E-state index in [1.807, 2.05) is 24.3 Å². The molecule has 1 atom stereocenters. The lowest BCUT2D eigenvalue weighted by atomic mass is 10.1. The number of anilines is 1. The number of carbonyl (C=O) groups is 2. The average Bonchev–Trinajstić information content (AvgIpc) is 2.89. The minimum atomic E-state index is -0.271. The minimum Gasteiger partial charge on any atom is -0.385 e. The maximum absolute atomic E-state index is 12.4. The summed E-state index contributed by atoms with van der Waals surface area (Å²) >= 11 is 3.46. The molecule has 1 aromatic carbocycles. The van der Waals surface area contributed by atoms with E-state index in [0.717, 1.165) is 16.6 Å². The summed E-state index contributed by atoms with van der Waals surface area (Å²) in [5.74, 6) is -0.248. The number of para-hydroxylation sites is 1. The number of amides is 2. The van der Waals surface area contributed by atoms with Crippen molar-refractivity contribution >= 4 is 33.4 Å². The molecule has 22 heavy (non-hydrogen) atoms. The number of hydrogen-bond acceptors (Lipinski definition) is 3. The van der Waals surface area contributed by atoms with Gasteiger partial charge in [0.1, 0.15) is 0 Å². The first-order valence-electron chi connectivity index (χ1n) is 7.33. The van der Waals surface area contributed by atoms with Gasteiger partial charge in [0.25, 0.3) is 0 Å². The quantitative estimate of drug-likeness (QED) is 0.723. The van der Waals surface area contributed by atoms with Crippen LogP contribution in [0.5, 0.6) is 0 Å². The predicted octanol–water partition coefficient (Wildman–Crippen LogP) is 2.30. The van der Waals surface area contributed by atoms with Crippen LogP contribution in [0, 0.1) is 5.92 Å². The first-order valence-corrected chi connectivity index (χ1v) is 8.12. The molecule has 1 aromatic rings. The van der Waals surface area contributed by atoms with Crippen molar-refractivity contribution in [3.8, 4) is 0 Å². The molecular formula is C16H21BrN2O3. The number of hydrogen-bond donors (Lipinski definition) is 0. The Morgan fingerprint density at radius 2 is 2.18 bits per heavy atom. The summed E-state index contributed by atoms with van der Waals surface area (Å²) in [6, 6.07) is 7.57. The maximum Gasteiger partial charge on any atom is 0.227 e. The fourth-order valence-electron chi connectivity index (χ4n) is 2.64. The van der Waals surface area contributed by atoms with Crippen LogP contribution < -0.4 is 4.90 Å². The zero-order chi connectivity index (χ0) is 16.1. The first kappa shape index (κ1) is 17.0. The monoisotopic (exact) mass is 368 g/mol. The molecule has 0 aliphatic carbocycles. The summed E-state index contributed by atoms with van der Waals surface area (Å²) in [6.07, 6.45) is 1.07. The molecule has 1 aliphatic heterocycles. The van der Waals surface area contributed by atoms with Crippen molar-refractivity contribution in [3.63, 3.8) is 0 Å². The third kappa shape index (κ3) is 3.87. The Bertz CT molecular complexity index is 550. The number of methoxy groups -OCH3 is 1. The minimum absolute atomic E-state index is 0.00413. The second-order valence-electron chi connectivity index (χ2n) is 5.46. The molecule has 0 radical (unpaired) electrons. The Labute approximate surface area is 139 Å². The van der Waals surface area contributed by atoms with E-state index in [9.17, 15) is 9.59 Å². The molecule has 0 aromatic heterocycles. The van der Waals surface area contributed by atoms with E-state index < -0.39 is 0 Å². The van der Waals surface area contributed by atoms with Crippen LogP contribution >= 0.6 is 15.9 Å². The van der Waals surface area contributed by atoms with Crippen molar-refractivity contribution in [2.24, 2.45) is 5.92 Å². The number of ether oxygens (including phenoxy) is 1. The fraction of sp³-hybridized carbons (Fsp3) is 0.500. The topological polar surface area (TPSA) is 49.9 Å². The number of carbonyl (C=O) groups excluding carboxylic acids is 2. The van der Waals surface area contributed by atoms with E-state index in [4.69, 9.17) is 4.74 Å². The van der Waals surface area contributed by atoms with Crippen molar-refractivity contribution in [1.82, 2.24) is 4.90 Å². The summed E-state index contributed by atoms with van der Waals surface area (Å²) in [4.78, 5) is 28.1. The Kier molecular flexibility index (Phi) is 5.97. The molecule has 1 aliphatic rings. The molecule has 0 bridgehead atoms. The van der Waals surface area contributed by atoms with Crippen LogP contribution in [-0.2, 0) is 14.3 Å². The summed E-state index contributed by atoms with van der Waals surface area (Å²) in [5.41, 5.74) is 0.824. The molecular weight excluding hydrogens is 348 g/mol. The SMILES string of the molecule is COCCCN(C)C(=O)C1CC(=O)N(c2ccccc2Br)C1. The van der Waals surface area contributed by atoms with Crippen LogP contribution in [-0.4, -0.2) is 50.6 Å². The lowest BCUT2D eigenvalue weighted by Crippen LogP contribution is -2.35. The fourth-order valence-corrected chi connectivity index (χ4v) is 3.14. The molecule has 1 unspecified atom stereocenters. The third-order valence-electron chi connectivity index (χ3n) is 3.84. The van der Waals surface area contributed by atoms with Crippen LogP contribution in [0.1, 0.15) is 12.8 Å². The van der Waals surface area contributed by atoms with E-state index in [-0.39, 0.29) is 24.2 Å². The van der Waals surface area contributed by atoms with Gasteiger partial charge in [-0.05, 0) is 34.5 Å². The van der Waals surface area contributed by atoms with Gasteiger partial charge in [0.15, 0.2) is 0 Å². The van der Waals surface area contributed by atoms with E-state index in [2.05, 4.69) is 15.9 Å². The lowest BCUT2D eigenvalue weighted by molar-refractivity contribution is -0.134. The molecule has 0 spiro atoms. The third-order valence-corrected chi connectivity index (χ3v) is 4.51. The van der Waals surface area contributed by atoms with Gasteiger partial charge in [0.05, 0.1) is 11.6 Å². The Morgan fingerprint density at radius 1 is 1.45 bits per heavy atom. The first-order chi connectivity index (χ1) is 10.5. The van der Waals surface area contributed by atoms with Crippen molar-refractivity contribution in [1.29, 1.82) is 0 Å². The van der Waals surface area contributed by atoms with Crippen LogP contribution in [0.25, 0.3) is 0 Å². The highest BCUT2D eigenvalue weighted by atomic mass is 79.9. The Morgan fingerprint density at radius 3 is 2.86 bits per heavy atom. The summed E-state index contributed by atoms with van der Waals surface area (Å²) in [5, 5.41) is 0. The van der Waals surface area contributed by atoms with Crippen LogP contribution in [0.2, 0.25) is 0 Å². The van der Waals surface area contributed by atoms with E-state index in [1.165, 1.54) is 0 Å². The second kappa shape index (κ2) is 7.74. The second-order valence-corrected chi connectivity index (χ2v) is 6.32. The highest BCUT2D eigenvalue weighted by Gasteiger charge is 2.36. The predicted molar refractivity (Wildman–Crippen MR) is 88.7 cm³/mol. The van der Waals surface area contributed by atoms with E-state index >= 15 is 0 Å². The average molecular weight is 369 g/mol. The van der Waals surface area contributed by atoms with Gasteiger partial charge in [-0.1, -0.05) is 12.1 Å². The summed E-state index contributed by atoms with van der Waals surface area (Å²) in [6.45, 7) is 1.71. The number of halogens is 1. The normalized spacial score (nSPS) is 17.9. The number of benzene rings is 1. The van der Waals surface area contributed by atoms with E-state index in [0.29, 0.717) is 19.7 Å². The molecule has 120 valence electrons. The summed E-state index contributed by atoms with van der Waals surface area (Å²) in [7, 11) is 3.43. The van der Waals surface area contributed by atoms with Gasteiger partial charge in [-0.15, -0.1) is 0 Å². The van der Waals surface area contributed by atoms with Crippen molar-refractivity contribution in [3.05, 3.63) is 28.7 Å². The molecule has 0 N–H and O–H groups in total. The molecule has 6 heteroatoms. The molecule has 2 rings (SSSR count). The van der Waals surface area contributed by atoms with Gasteiger partial charge in [-0.25, -0.2) is 0 Å². The van der Waals surface area contributed by atoms with Gasteiger partial charge >= 0.3 is 0 Å². The number of nitrogens with zero attached hydrogens (tertiary/aromatic N) is 2. The molecule has 2 amide bonds. The van der Waals surface area contributed by atoms with Gasteiger partial charge < -0.3 is 14.5 Å². The molecule has 1 saturated heterocycles. The van der Waals surface area contributed by atoms with Crippen LogP contribution in [0.4, 0.5) is 5.69 Å². The van der Waals surface area contributed by atoms with Crippen molar-refractivity contribution in [2.45, 2.75) is 12.8 Å². The largest absolute Gasteiger partial charge is 0.385 e. The van der Waals surface area contributed by atoms with Crippen LogP contribution in [0.3, 0.4) is 0 Å². The molecule has 1 heterocycles.